The van der Waals surface area contributed by atoms with Crippen LogP contribution in [0.1, 0.15) is 31.6 Å². The van der Waals surface area contributed by atoms with E-state index in [0.29, 0.717) is 12.0 Å². The topological polar surface area (TPSA) is 63.8 Å². The molecule has 1 aliphatic rings. The first-order chi connectivity index (χ1) is 7.31. The fourth-order valence-electron chi connectivity index (χ4n) is 1.31. The number of aromatic nitrogens is 4. The van der Waals surface area contributed by atoms with Gasteiger partial charge >= 0.3 is 0 Å². The summed E-state index contributed by atoms with van der Waals surface area (Å²) >= 11 is 1.78. The predicted molar refractivity (Wildman–Crippen MR) is 58.5 cm³/mol. The molecule has 1 N–H and O–H groups in total. The summed E-state index contributed by atoms with van der Waals surface area (Å²) in [5.41, 5.74) is 0. The highest BCUT2D eigenvalue weighted by Crippen LogP contribution is 2.34. The predicted octanol–water partition coefficient (Wildman–Crippen LogP) is 0.870. The SMILES string of the molecule is CC(CO)CSCc1nnnn1C1CC1. The van der Waals surface area contributed by atoms with E-state index in [1.807, 2.05) is 11.6 Å². The lowest BCUT2D eigenvalue weighted by Crippen LogP contribution is -2.06. The highest BCUT2D eigenvalue weighted by atomic mass is 32.2. The van der Waals surface area contributed by atoms with Gasteiger partial charge in [0.2, 0.25) is 0 Å². The van der Waals surface area contributed by atoms with Crippen molar-refractivity contribution in [2.75, 3.05) is 12.4 Å². The number of aliphatic hydroxyl groups is 1. The fraction of sp³-hybridized carbons (Fsp3) is 0.889. The van der Waals surface area contributed by atoms with Gasteiger partial charge in [-0.1, -0.05) is 6.92 Å². The summed E-state index contributed by atoms with van der Waals surface area (Å²) in [5, 5.41) is 20.6. The molecule has 1 atom stereocenters. The molecule has 1 aromatic heterocycles. The molecule has 1 aliphatic carbocycles. The average Bonchev–Trinajstić information content (AvgIpc) is 2.99. The fourth-order valence-corrected chi connectivity index (χ4v) is 2.31. The van der Waals surface area contributed by atoms with Gasteiger partial charge in [-0.2, -0.15) is 11.8 Å². The van der Waals surface area contributed by atoms with Gasteiger partial charge < -0.3 is 5.11 Å². The molecule has 1 fully saturated rings. The van der Waals surface area contributed by atoms with Crippen molar-refractivity contribution < 1.29 is 5.11 Å². The number of tetrazole rings is 1. The quantitative estimate of drug-likeness (QED) is 0.782. The van der Waals surface area contributed by atoms with Crippen molar-refractivity contribution in [3.63, 3.8) is 0 Å². The van der Waals surface area contributed by atoms with Crippen LogP contribution in [0.15, 0.2) is 0 Å². The molecule has 84 valence electrons. The minimum absolute atomic E-state index is 0.251. The van der Waals surface area contributed by atoms with Gasteiger partial charge in [-0.15, -0.1) is 5.10 Å². The van der Waals surface area contributed by atoms with Crippen LogP contribution in [0, 0.1) is 5.92 Å². The van der Waals surface area contributed by atoms with Crippen molar-refractivity contribution in [3.05, 3.63) is 5.82 Å². The minimum Gasteiger partial charge on any atom is -0.396 e. The summed E-state index contributed by atoms with van der Waals surface area (Å²) in [6.07, 6.45) is 2.41. The second kappa shape index (κ2) is 4.94. The molecule has 6 heteroatoms. The monoisotopic (exact) mass is 228 g/mol. The largest absolute Gasteiger partial charge is 0.396 e. The van der Waals surface area contributed by atoms with Crippen molar-refractivity contribution >= 4 is 11.8 Å². The number of hydrogen-bond acceptors (Lipinski definition) is 5. The summed E-state index contributed by atoms with van der Waals surface area (Å²) in [5.74, 6) is 3.11. The third-order valence-corrected chi connectivity index (χ3v) is 3.67. The van der Waals surface area contributed by atoms with E-state index in [4.69, 9.17) is 5.11 Å². The number of aliphatic hydroxyl groups excluding tert-OH is 1. The minimum atomic E-state index is 0.251. The van der Waals surface area contributed by atoms with Crippen LogP contribution in [0.25, 0.3) is 0 Å². The molecule has 0 saturated heterocycles. The number of nitrogens with zero attached hydrogens (tertiary/aromatic N) is 4. The summed E-state index contributed by atoms with van der Waals surface area (Å²) in [4.78, 5) is 0. The molecule has 2 rings (SSSR count). The van der Waals surface area contributed by atoms with Crippen LogP contribution in [0.3, 0.4) is 0 Å². The zero-order valence-electron chi connectivity index (χ0n) is 8.83. The maximum absolute atomic E-state index is 8.89. The summed E-state index contributed by atoms with van der Waals surface area (Å²) in [7, 11) is 0. The molecular formula is C9H16N4OS. The van der Waals surface area contributed by atoms with Gasteiger partial charge in [-0.05, 0) is 34.9 Å². The van der Waals surface area contributed by atoms with Crippen molar-refractivity contribution in [2.24, 2.45) is 5.92 Å². The van der Waals surface area contributed by atoms with Gasteiger partial charge in [0.1, 0.15) is 0 Å². The average molecular weight is 228 g/mol. The Hall–Kier alpha value is -0.620. The Morgan fingerprint density at radius 3 is 3.07 bits per heavy atom. The normalized spacial score (nSPS) is 18.0. The molecule has 0 aliphatic heterocycles. The van der Waals surface area contributed by atoms with E-state index in [1.165, 1.54) is 12.8 Å². The zero-order chi connectivity index (χ0) is 10.7. The van der Waals surface area contributed by atoms with Crippen LogP contribution in [-0.4, -0.2) is 37.7 Å². The number of thioether (sulfide) groups is 1. The molecule has 5 nitrogen and oxygen atoms in total. The van der Waals surface area contributed by atoms with E-state index in [1.54, 1.807) is 11.8 Å². The third-order valence-electron chi connectivity index (χ3n) is 2.40. The van der Waals surface area contributed by atoms with E-state index in [-0.39, 0.29) is 6.61 Å². The third kappa shape index (κ3) is 2.92. The Balaban J connectivity index is 1.80. The van der Waals surface area contributed by atoms with Crippen molar-refractivity contribution in [1.29, 1.82) is 0 Å². The van der Waals surface area contributed by atoms with Gasteiger partial charge in [0.05, 0.1) is 11.8 Å². The molecule has 0 bridgehead atoms. The maximum atomic E-state index is 8.89. The van der Waals surface area contributed by atoms with Gasteiger partial charge in [-0.25, -0.2) is 4.68 Å². The molecule has 1 unspecified atom stereocenters. The van der Waals surface area contributed by atoms with Crippen molar-refractivity contribution in [1.82, 2.24) is 20.2 Å². The van der Waals surface area contributed by atoms with Gasteiger partial charge in [0.25, 0.3) is 0 Å². The van der Waals surface area contributed by atoms with Gasteiger partial charge in [0, 0.05) is 6.61 Å². The molecule has 1 saturated carbocycles. The Labute approximate surface area is 93.2 Å². The van der Waals surface area contributed by atoms with Crippen LogP contribution in [0.5, 0.6) is 0 Å². The van der Waals surface area contributed by atoms with Crippen LogP contribution in [0.2, 0.25) is 0 Å². The lowest BCUT2D eigenvalue weighted by molar-refractivity contribution is 0.250. The Bertz CT molecular complexity index is 313. The first-order valence-electron chi connectivity index (χ1n) is 5.26. The Kier molecular flexibility index (Phi) is 3.58. The zero-order valence-corrected chi connectivity index (χ0v) is 9.65. The van der Waals surface area contributed by atoms with Crippen LogP contribution in [-0.2, 0) is 5.75 Å². The molecule has 15 heavy (non-hydrogen) atoms. The number of rotatable bonds is 6. The number of hydrogen-bond donors (Lipinski definition) is 1. The lowest BCUT2D eigenvalue weighted by atomic mass is 10.2. The van der Waals surface area contributed by atoms with Gasteiger partial charge in [0.15, 0.2) is 5.82 Å². The van der Waals surface area contributed by atoms with Crippen LogP contribution < -0.4 is 0 Å². The molecule has 0 amide bonds. The highest BCUT2D eigenvalue weighted by molar-refractivity contribution is 7.98. The van der Waals surface area contributed by atoms with E-state index < -0.39 is 0 Å². The molecule has 0 radical (unpaired) electrons. The maximum Gasteiger partial charge on any atom is 0.161 e. The summed E-state index contributed by atoms with van der Waals surface area (Å²) in [6, 6.07) is 0.547. The highest BCUT2D eigenvalue weighted by Gasteiger charge is 2.27. The summed E-state index contributed by atoms with van der Waals surface area (Å²) < 4.78 is 1.94. The van der Waals surface area contributed by atoms with Gasteiger partial charge in [-0.3, -0.25) is 0 Å². The Morgan fingerprint density at radius 1 is 1.60 bits per heavy atom. The van der Waals surface area contributed by atoms with Crippen molar-refractivity contribution in [3.8, 4) is 0 Å². The molecule has 0 aromatic carbocycles. The lowest BCUT2D eigenvalue weighted by Gasteiger charge is -2.06. The van der Waals surface area contributed by atoms with E-state index in [0.717, 1.165) is 17.3 Å². The first-order valence-corrected chi connectivity index (χ1v) is 6.42. The van der Waals surface area contributed by atoms with Crippen molar-refractivity contribution in [2.45, 2.75) is 31.6 Å². The van der Waals surface area contributed by atoms with E-state index >= 15 is 0 Å². The molecule has 1 heterocycles. The molecule has 1 aromatic rings. The van der Waals surface area contributed by atoms with E-state index in [2.05, 4.69) is 15.5 Å². The smallest absolute Gasteiger partial charge is 0.161 e. The van der Waals surface area contributed by atoms with Crippen LogP contribution in [0.4, 0.5) is 0 Å². The second-order valence-corrected chi connectivity index (χ2v) is 5.10. The molecular weight excluding hydrogens is 212 g/mol. The van der Waals surface area contributed by atoms with Crippen LogP contribution >= 0.6 is 11.8 Å². The first kappa shape index (κ1) is 10.9. The molecule has 0 spiro atoms. The van der Waals surface area contributed by atoms with E-state index in [9.17, 15) is 0 Å². The summed E-state index contributed by atoms with van der Waals surface area (Å²) in [6.45, 7) is 2.29. The Morgan fingerprint density at radius 2 is 2.40 bits per heavy atom. The standard InChI is InChI=1S/C9H16N4OS/c1-7(4-14)5-15-6-9-10-11-12-13(9)8-2-3-8/h7-8,14H,2-6H2,1H3. The second-order valence-electron chi connectivity index (χ2n) is 4.07.